The number of carbonyl (C=O) groups is 1. The molecule has 0 bridgehead atoms. The molecular weight excluding hydrogens is 373 g/mol. The molecule has 0 saturated carbocycles. The molecule has 0 aliphatic heterocycles. The molecule has 1 heterocycles. The normalized spacial score (nSPS) is 10.6. The van der Waals surface area contributed by atoms with Crippen molar-refractivity contribution < 1.29 is 9.53 Å². The second-order valence-electron chi connectivity index (χ2n) is 5.63. The third kappa shape index (κ3) is 4.18. The lowest BCUT2D eigenvalue weighted by molar-refractivity contribution is 0.0955. The average Bonchev–Trinajstić information content (AvgIpc) is 3.13. The first kappa shape index (κ1) is 18.3. The van der Waals surface area contributed by atoms with Crippen molar-refractivity contribution in [2.75, 3.05) is 13.7 Å². The minimum atomic E-state index is -0.199. The van der Waals surface area contributed by atoms with Gasteiger partial charge in [-0.2, -0.15) is 5.10 Å². The van der Waals surface area contributed by atoms with Crippen LogP contribution in [0.15, 0.2) is 48.7 Å². The average molecular weight is 390 g/mol. The molecule has 0 atom stereocenters. The maximum Gasteiger partial charge on any atom is 0.255 e. The van der Waals surface area contributed by atoms with Crippen LogP contribution < -0.4 is 10.1 Å². The number of halogens is 2. The second kappa shape index (κ2) is 8.25. The van der Waals surface area contributed by atoms with Crippen LogP contribution in [-0.4, -0.2) is 29.8 Å². The van der Waals surface area contributed by atoms with Crippen LogP contribution in [0.2, 0.25) is 10.0 Å². The van der Waals surface area contributed by atoms with E-state index in [0.717, 1.165) is 16.9 Å². The zero-order valence-electron chi connectivity index (χ0n) is 14.1. The molecule has 0 aliphatic rings. The lowest BCUT2D eigenvalue weighted by Crippen LogP contribution is -2.25. The summed E-state index contributed by atoms with van der Waals surface area (Å²) in [6, 6.07) is 12.7. The van der Waals surface area contributed by atoms with Crippen molar-refractivity contribution in [1.29, 1.82) is 0 Å². The largest absolute Gasteiger partial charge is 0.497 e. The molecule has 5 nitrogen and oxygen atoms in total. The second-order valence-corrected chi connectivity index (χ2v) is 6.47. The number of rotatable bonds is 6. The van der Waals surface area contributed by atoms with Crippen LogP contribution >= 0.6 is 23.2 Å². The summed E-state index contributed by atoms with van der Waals surface area (Å²) in [7, 11) is 1.61. The van der Waals surface area contributed by atoms with Gasteiger partial charge in [-0.3, -0.25) is 9.89 Å². The molecule has 26 heavy (non-hydrogen) atoms. The van der Waals surface area contributed by atoms with E-state index in [2.05, 4.69) is 15.5 Å². The smallest absolute Gasteiger partial charge is 0.255 e. The quantitative estimate of drug-likeness (QED) is 0.657. The van der Waals surface area contributed by atoms with Crippen LogP contribution in [0.4, 0.5) is 0 Å². The maximum absolute atomic E-state index is 12.5. The highest BCUT2D eigenvalue weighted by atomic mass is 35.5. The van der Waals surface area contributed by atoms with Gasteiger partial charge in [-0.1, -0.05) is 29.3 Å². The number of nitrogens with one attached hydrogen (secondary N) is 2. The van der Waals surface area contributed by atoms with E-state index in [9.17, 15) is 4.79 Å². The molecule has 0 aliphatic carbocycles. The van der Waals surface area contributed by atoms with Crippen LogP contribution in [-0.2, 0) is 6.42 Å². The SMILES string of the molecule is COc1ccc(-c2[nH]ncc2C(=O)NCCc2ccc(Cl)cc2Cl)cc1. The van der Waals surface area contributed by atoms with E-state index in [1.807, 2.05) is 30.3 Å². The van der Waals surface area contributed by atoms with Crippen molar-refractivity contribution in [3.63, 3.8) is 0 Å². The Morgan fingerprint density at radius 3 is 2.65 bits per heavy atom. The molecule has 3 aromatic rings. The van der Waals surface area contributed by atoms with E-state index in [0.29, 0.717) is 34.3 Å². The van der Waals surface area contributed by atoms with E-state index in [1.54, 1.807) is 19.2 Å². The monoisotopic (exact) mass is 389 g/mol. The first-order valence-corrected chi connectivity index (χ1v) is 8.74. The number of amides is 1. The summed E-state index contributed by atoms with van der Waals surface area (Å²) < 4.78 is 5.15. The van der Waals surface area contributed by atoms with Crippen molar-refractivity contribution in [2.45, 2.75) is 6.42 Å². The third-order valence-electron chi connectivity index (χ3n) is 3.96. The number of nitrogens with zero attached hydrogens (tertiary/aromatic N) is 1. The highest BCUT2D eigenvalue weighted by Crippen LogP contribution is 2.24. The molecule has 0 unspecified atom stereocenters. The summed E-state index contributed by atoms with van der Waals surface area (Å²) in [4.78, 5) is 12.5. The molecule has 0 spiro atoms. The van der Waals surface area contributed by atoms with Gasteiger partial charge in [0.25, 0.3) is 5.91 Å². The van der Waals surface area contributed by atoms with Gasteiger partial charge >= 0.3 is 0 Å². The number of H-pyrrole nitrogens is 1. The summed E-state index contributed by atoms with van der Waals surface area (Å²) in [6.45, 7) is 0.452. The van der Waals surface area contributed by atoms with E-state index in [1.165, 1.54) is 6.20 Å². The number of hydrogen-bond acceptors (Lipinski definition) is 3. The lowest BCUT2D eigenvalue weighted by atomic mass is 10.1. The Bertz CT molecular complexity index is 907. The molecule has 7 heteroatoms. The molecular formula is C19H17Cl2N3O2. The van der Waals surface area contributed by atoms with Gasteiger partial charge in [-0.05, 0) is 48.4 Å². The van der Waals surface area contributed by atoms with Gasteiger partial charge in [-0.15, -0.1) is 0 Å². The molecule has 2 N–H and O–H groups in total. The Morgan fingerprint density at radius 2 is 1.96 bits per heavy atom. The van der Waals surface area contributed by atoms with Gasteiger partial charge in [-0.25, -0.2) is 0 Å². The van der Waals surface area contributed by atoms with E-state index in [-0.39, 0.29) is 5.91 Å². The summed E-state index contributed by atoms with van der Waals surface area (Å²) in [5.74, 6) is 0.550. The fourth-order valence-electron chi connectivity index (χ4n) is 2.57. The molecule has 2 aromatic carbocycles. The Labute approximate surface area is 161 Å². The predicted octanol–water partition coefficient (Wildman–Crippen LogP) is 4.36. The molecule has 0 radical (unpaired) electrons. The highest BCUT2D eigenvalue weighted by Gasteiger charge is 2.15. The van der Waals surface area contributed by atoms with Gasteiger partial charge in [0.15, 0.2) is 0 Å². The van der Waals surface area contributed by atoms with Crippen LogP contribution in [0.5, 0.6) is 5.75 Å². The Balaban J connectivity index is 1.66. The van der Waals surface area contributed by atoms with Crippen molar-refractivity contribution in [2.24, 2.45) is 0 Å². The molecule has 0 fully saturated rings. The zero-order valence-corrected chi connectivity index (χ0v) is 15.6. The first-order valence-electron chi connectivity index (χ1n) is 7.98. The summed E-state index contributed by atoms with van der Waals surface area (Å²) in [5.41, 5.74) is 2.93. The fraction of sp³-hybridized carbons (Fsp3) is 0.158. The lowest BCUT2D eigenvalue weighted by Gasteiger charge is -2.08. The van der Waals surface area contributed by atoms with Crippen LogP contribution in [0.25, 0.3) is 11.3 Å². The summed E-state index contributed by atoms with van der Waals surface area (Å²) >= 11 is 12.0. The number of carbonyl (C=O) groups excluding carboxylic acids is 1. The molecule has 3 rings (SSSR count). The highest BCUT2D eigenvalue weighted by molar-refractivity contribution is 6.35. The number of ether oxygens (including phenoxy) is 1. The van der Waals surface area contributed by atoms with Crippen molar-refractivity contribution in [3.8, 4) is 17.0 Å². The molecule has 1 aromatic heterocycles. The zero-order chi connectivity index (χ0) is 18.5. The minimum Gasteiger partial charge on any atom is -0.497 e. The van der Waals surface area contributed by atoms with Gasteiger partial charge < -0.3 is 10.1 Å². The van der Waals surface area contributed by atoms with Crippen molar-refractivity contribution in [3.05, 3.63) is 69.8 Å². The third-order valence-corrected chi connectivity index (χ3v) is 4.54. The first-order chi connectivity index (χ1) is 12.6. The van der Waals surface area contributed by atoms with E-state index >= 15 is 0 Å². The van der Waals surface area contributed by atoms with Crippen LogP contribution in [0.1, 0.15) is 15.9 Å². The standard InChI is InChI=1S/C19H17Cl2N3O2/c1-26-15-6-3-13(4-7-15)18-16(11-23-24-18)19(25)22-9-8-12-2-5-14(20)10-17(12)21/h2-7,10-11H,8-9H2,1H3,(H,22,25)(H,23,24). The fourth-order valence-corrected chi connectivity index (χ4v) is 3.07. The molecule has 134 valence electrons. The summed E-state index contributed by atoms with van der Waals surface area (Å²) in [5, 5.41) is 10.9. The van der Waals surface area contributed by atoms with E-state index < -0.39 is 0 Å². The maximum atomic E-state index is 12.5. The van der Waals surface area contributed by atoms with Crippen LogP contribution in [0.3, 0.4) is 0 Å². The van der Waals surface area contributed by atoms with Gasteiger partial charge in [0, 0.05) is 22.2 Å². The Morgan fingerprint density at radius 1 is 1.19 bits per heavy atom. The number of benzene rings is 2. The van der Waals surface area contributed by atoms with E-state index in [4.69, 9.17) is 27.9 Å². The topological polar surface area (TPSA) is 67.0 Å². The van der Waals surface area contributed by atoms with Crippen LogP contribution in [0, 0.1) is 0 Å². The number of aromatic nitrogens is 2. The minimum absolute atomic E-state index is 0.199. The van der Waals surface area contributed by atoms with Crippen molar-refractivity contribution in [1.82, 2.24) is 15.5 Å². The number of hydrogen-bond donors (Lipinski definition) is 2. The van der Waals surface area contributed by atoms with Gasteiger partial charge in [0.2, 0.25) is 0 Å². The summed E-state index contributed by atoms with van der Waals surface area (Å²) in [6.07, 6.45) is 2.13. The Kier molecular flexibility index (Phi) is 5.81. The molecule has 0 saturated heterocycles. The van der Waals surface area contributed by atoms with Gasteiger partial charge in [0.1, 0.15) is 5.75 Å². The predicted molar refractivity (Wildman–Crippen MR) is 103 cm³/mol. The van der Waals surface area contributed by atoms with Gasteiger partial charge in [0.05, 0.1) is 24.6 Å². The van der Waals surface area contributed by atoms with Crippen molar-refractivity contribution >= 4 is 29.1 Å². The Hall–Kier alpha value is -2.50. The molecule has 1 amide bonds. The number of methoxy groups -OCH3 is 1. The number of aromatic amines is 1.